The Balaban J connectivity index is 1.69. The lowest BCUT2D eigenvalue weighted by Gasteiger charge is -2.43. The van der Waals surface area contributed by atoms with E-state index in [1.807, 2.05) is 24.3 Å². The standard InChI is InChI=1S/C26H39N3O3S/c1-17-14-25(29-16-19(3)32-21(5)20(29)4)18(2)13-24(17)27-15-22-9-11-23(12-10-22)28-33(30,31)26(6,7)8/h9-14,19-21,27-28H,15-16H2,1-8H3/t19-,20?,21+/m0/s1. The zero-order chi connectivity index (χ0) is 24.6. The number of nitrogens with zero attached hydrogens (tertiary/aromatic N) is 1. The maximum absolute atomic E-state index is 12.4. The van der Waals surface area contributed by atoms with Crippen LogP contribution in [-0.4, -0.2) is 38.0 Å². The second-order valence-electron chi connectivity index (χ2n) is 10.3. The Labute approximate surface area is 199 Å². The SMILES string of the molecule is Cc1cc(N2C[C@H](C)O[C@H](C)C2C)c(C)cc1NCc1ccc(NS(=O)(=O)C(C)(C)C)cc1. The highest BCUT2D eigenvalue weighted by Crippen LogP contribution is 2.32. The van der Waals surface area contributed by atoms with Gasteiger partial charge >= 0.3 is 0 Å². The van der Waals surface area contributed by atoms with Crippen molar-refractivity contribution < 1.29 is 13.2 Å². The highest BCUT2D eigenvalue weighted by atomic mass is 32.2. The van der Waals surface area contributed by atoms with Crippen molar-refractivity contribution in [3.05, 3.63) is 53.1 Å². The van der Waals surface area contributed by atoms with Gasteiger partial charge in [-0.25, -0.2) is 8.42 Å². The molecule has 2 aromatic rings. The smallest absolute Gasteiger partial charge is 0.237 e. The van der Waals surface area contributed by atoms with Gasteiger partial charge < -0.3 is 15.0 Å². The predicted octanol–water partition coefficient (Wildman–Crippen LogP) is 5.46. The van der Waals surface area contributed by atoms with Crippen molar-refractivity contribution in [2.75, 3.05) is 21.5 Å². The Morgan fingerprint density at radius 3 is 2.27 bits per heavy atom. The third-order valence-corrected chi connectivity index (χ3v) is 8.54. The van der Waals surface area contributed by atoms with Crippen molar-refractivity contribution in [1.29, 1.82) is 0 Å². The average Bonchev–Trinajstić information content (AvgIpc) is 2.71. The fraction of sp³-hybridized carbons (Fsp3) is 0.538. The van der Waals surface area contributed by atoms with Crippen LogP contribution in [0, 0.1) is 13.8 Å². The van der Waals surface area contributed by atoms with Crippen molar-refractivity contribution in [3.63, 3.8) is 0 Å². The predicted molar refractivity (Wildman–Crippen MR) is 139 cm³/mol. The average molecular weight is 474 g/mol. The molecule has 0 aliphatic carbocycles. The van der Waals surface area contributed by atoms with Gasteiger partial charge in [-0.2, -0.15) is 0 Å². The molecule has 0 spiro atoms. The first-order valence-electron chi connectivity index (χ1n) is 11.7. The Kier molecular flexibility index (Phi) is 7.34. The minimum atomic E-state index is -3.43. The Morgan fingerprint density at radius 2 is 1.67 bits per heavy atom. The van der Waals surface area contributed by atoms with Crippen molar-refractivity contribution >= 4 is 27.1 Å². The van der Waals surface area contributed by atoms with E-state index in [4.69, 9.17) is 4.74 Å². The number of hydrogen-bond donors (Lipinski definition) is 2. The summed E-state index contributed by atoms with van der Waals surface area (Å²) >= 11 is 0. The number of ether oxygens (including phenoxy) is 1. The van der Waals surface area contributed by atoms with E-state index in [9.17, 15) is 8.42 Å². The maximum atomic E-state index is 12.4. The van der Waals surface area contributed by atoms with Crippen LogP contribution in [-0.2, 0) is 21.3 Å². The summed E-state index contributed by atoms with van der Waals surface area (Å²) in [6.07, 6.45) is 0.409. The van der Waals surface area contributed by atoms with Gasteiger partial charge in [-0.1, -0.05) is 12.1 Å². The Bertz CT molecular complexity index is 1080. The first kappa shape index (κ1) is 25.4. The first-order chi connectivity index (χ1) is 15.3. The van der Waals surface area contributed by atoms with E-state index in [-0.39, 0.29) is 12.2 Å². The van der Waals surface area contributed by atoms with E-state index in [0.717, 1.165) is 17.8 Å². The van der Waals surface area contributed by atoms with Gasteiger partial charge in [0, 0.05) is 30.2 Å². The number of aryl methyl sites for hydroxylation is 2. The van der Waals surface area contributed by atoms with Gasteiger partial charge in [-0.05, 0) is 96.3 Å². The molecule has 182 valence electrons. The van der Waals surface area contributed by atoms with E-state index < -0.39 is 14.8 Å². The van der Waals surface area contributed by atoms with Gasteiger partial charge in [0.15, 0.2) is 0 Å². The van der Waals surface area contributed by atoms with Crippen LogP contribution in [0.15, 0.2) is 36.4 Å². The van der Waals surface area contributed by atoms with Gasteiger partial charge in [-0.3, -0.25) is 4.72 Å². The van der Waals surface area contributed by atoms with Crippen molar-refractivity contribution in [3.8, 4) is 0 Å². The highest BCUT2D eigenvalue weighted by molar-refractivity contribution is 7.94. The van der Waals surface area contributed by atoms with Crippen LogP contribution >= 0.6 is 0 Å². The molecular weight excluding hydrogens is 434 g/mol. The molecule has 7 heteroatoms. The van der Waals surface area contributed by atoms with Crippen LogP contribution in [0.2, 0.25) is 0 Å². The van der Waals surface area contributed by atoms with Gasteiger partial charge in [0.05, 0.1) is 23.0 Å². The normalized spacial score (nSPS) is 21.7. The number of sulfonamides is 1. The third-order valence-electron chi connectivity index (χ3n) is 6.42. The molecule has 33 heavy (non-hydrogen) atoms. The topological polar surface area (TPSA) is 70.7 Å². The Morgan fingerprint density at radius 1 is 1.03 bits per heavy atom. The molecule has 3 rings (SSSR count). The quantitative estimate of drug-likeness (QED) is 0.583. The zero-order valence-corrected chi connectivity index (χ0v) is 22.0. The molecule has 0 aromatic heterocycles. The summed E-state index contributed by atoms with van der Waals surface area (Å²) in [5.41, 5.74) is 6.47. The molecule has 0 radical (unpaired) electrons. The second-order valence-corrected chi connectivity index (χ2v) is 12.7. The molecular formula is C26H39N3O3S. The Hall–Kier alpha value is -2.25. The lowest BCUT2D eigenvalue weighted by atomic mass is 10.0. The van der Waals surface area contributed by atoms with E-state index in [1.54, 1.807) is 20.8 Å². The summed E-state index contributed by atoms with van der Waals surface area (Å²) in [4.78, 5) is 2.46. The molecule has 3 atom stereocenters. The van der Waals surface area contributed by atoms with E-state index in [1.165, 1.54) is 16.8 Å². The van der Waals surface area contributed by atoms with Gasteiger partial charge in [0.25, 0.3) is 0 Å². The summed E-state index contributed by atoms with van der Waals surface area (Å²) < 4.78 is 32.5. The van der Waals surface area contributed by atoms with Crippen LogP contribution in [0.4, 0.5) is 17.1 Å². The van der Waals surface area contributed by atoms with Crippen molar-refractivity contribution in [2.45, 2.75) is 84.9 Å². The lowest BCUT2D eigenvalue weighted by Crippen LogP contribution is -2.52. The van der Waals surface area contributed by atoms with Crippen molar-refractivity contribution in [2.24, 2.45) is 0 Å². The van der Waals surface area contributed by atoms with Gasteiger partial charge in [0.1, 0.15) is 0 Å². The van der Waals surface area contributed by atoms with Crippen LogP contribution in [0.1, 0.15) is 58.2 Å². The minimum Gasteiger partial charge on any atom is -0.381 e. The molecule has 1 fully saturated rings. The fourth-order valence-corrected chi connectivity index (χ4v) is 4.79. The lowest BCUT2D eigenvalue weighted by molar-refractivity contribution is -0.0258. The molecule has 1 aliphatic heterocycles. The number of rotatable bonds is 6. The number of benzene rings is 2. The molecule has 1 heterocycles. The molecule has 2 N–H and O–H groups in total. The molecule has 0 saturated carbocycles. The molecule has 1 aliphatic rings. The number of hydrogen-bond acceptors (Lipinski definition) is 5. The third kappa shape index (κ3) is 5.82. The van der Waals surface area contributed by atoms with Crippen LogP contribution in [0.5, 0.6) is 0 Å². The van der Waals surface area contributed by atoms with Crippen LogP contribution in [0.25, 0.3) is 0 Å². The fourth-order valence-electron chi connectivity index (χ4n) is 4.03. The van der Waals surface area contributed by atoms with Crippen molar-refractivity contribution in [1.82, 2.24) is 0 Å². The molecule has 0 amide bonds. The summed E-state index contributed by atoms with van der Waals surface area (Å²) in [5.74, 6) is 0. The summed E-state index contributed by atoms with van der Waals surface area (Å²) in [6, 6.07) is 12.3. The van der Waals surface area contributed by atoms with Gasteiger partial charge in [0.2, 0.25) is 10.0 Å². The minimum absolute atomic E-state index is 0.196. The molecule has 1 unspecified atom stereocenters. The molecule has 2 aromatic carbocycles. The van der Waals surface area contributed by atoms with E-state index >= 15 is 0 Å². The van der Waals surface area contributed by atoms with E-state index in [2.05, 4.69) is 61.7 Å². The molecule has 1 saturated heterocycles. The summed E-state index contributed by atoms with van der Waals surface area (Å²) in [5, 5.41) is 3.54. The number of morpholine rings is 1. The van der Waals surface area contributed by atoms with E-state index in [0.29, 0.717) is 18.3 Å². The van der Waals surface area contributed by atoms with Crippen LogP contribution in [0.3, 0.4) is 0 Å². The second kappa shape index (κ2) is 9.55. The van der Waals surface area contributed by atoms with Crippen LogP contribution < -0.4 is 14.9 Å². The largest absolute Gasteiger partial charge is 0.381 e. The summed E-state index contributed by atoms with van der Waals surface area (Å²) in [7, 11) is -3.43. The molecule has 0 bridgehead atoms. The monoisotopic (exact) mass is 473 g/mol. The maximum Gasteiger partial charge on any atom is 0.237 e. The summed E-state index contributed by atoms with van der Waals surface area (Å²) in [6.45, 7) is 17.4. The van der Waals surface area contributed by atoms with Gasteiger partial charge in [-0.15, -0.1) is 0 Å². The molecule has 6 nitrogen and oxygen atoms in total. The zero-order valence-electron chi connectivity index (χ0n) is 21.2. The number of anilines is 3. The number of nitrogens with one attached hydrogen (secondary N) is 2. The highest BCUT2D eigenvalue weighted by Gasteiger charge is 2.31. The first-order valence-corrected chi connectivity index (χ1v) is 13.2.